The number of hydrogen-bond donors (Lipinski definition) is 2. The van der Waals surface area contributed by atoms with Gasteiger partial charge in [0.15, 0.2) is 0 Å². The molecule has 0 aliphatic carbocycles. The predicted molar refractivity (Wildman–Crippen MR) is 105 cm³/mol. The number of furan rings is 1. The smallest absolute Gasteiger partial charge is 0.234 e. The van der Waals surface area contributed by atoms with Crippen molar-refractivity contribution in [1.29, 1.82) is 0 Å². The van der Waals surface area contributed by atoms with Crippen LogP contribution < -0.4 is 10.1 Å². The van der Waals surface area contributed by atoms with E-state index in [1.807, 2.05) is 30.3 Å². The number of benzene rings is 2. The number of rotatable bonds is 5. The fourth-order valence-electron chi connectivity index (χ4n) is 3.54. The lowest BCUT2D eigenvalue weighted by molar-refractivity contribution is -0.134. The highest BCUT2D eigenvalue weighted by Gasteiger charge is 2.30. The Morgan fingerprint density at radius 2 is 2.04 bits per heavy atom. The quantitative estimate of drug-likeness (QED) is 0.659. The number of piperidine rings is 1. The summed E-state index contributed by atoms with van der Waals surface area (Å²) in [5, 5.41) is 15.1. The number of carbonyl (C=O) groups excluding carboxylic acids is 2. The van der Waals surface area contributed by atoms with Crippen molar-refractivity contribution < 1.29 is 23.8 Å². The first kappa shape index (κ1) is 18.5. The SMILES string of the molecule is CC(C)(O)CCOc1ccc2cc3occ([C@@H]4CCC(=O)NC4=O)c3cc2c1. The minimum Gasteiger partial charge on any atom is -0.493 e. The maximum Gasteiger partial charge on any atom is 0.234 e. The summed E-state index contributed by atoms with van der Waals surface area (Å²) in [6, 6.07) is 9.74. The molecule has 2 aromatic carbocycles. The molecular weight excluding hydrogens is 358 g/mol. The molecule has 0 bridgehead atoms. The van der Waals surface area contributed by atoms with Gasteiger partial charge in [-0.15, -0.1) is 0 Å². The van der Waals surface area contributed by atoms with Crippen molar-refractivity contribution in [3.05, 3.63) is 42.2 Å². The highest BCUT2D eigenvalue weighted by Crippen LogP contribution is 2.35. The van der Waals surface area contributed by atoms with Crippen molar-refractivity contribution >= 4 is 33.6 Å². The van der Waals surface area contributed by atoms with E-state index in [1.54, 1.807) is 20.1 Å². The summed E-state index contributed by atoms with van der Waals surface area (Å²) in [5.74, 6) is -0.167. The molecule has 2 N–H and O–H groups in total. The molecule has 1 aromatic heterocycles. The molecule has 0 spiro atoms. The Morgan fingerprint density at radius 3 is 2.79 bits per heavy atom. The number of fused-ring (bicyclic) bond motifs is 2. The number of amides is 2. The van der Waals surface area contributed by atoms with Gasteiger partial charge in [-0.3, -0.25) is 14.9 Å². The van der Waals surface area contributed by atoms with E-state index in [2.05, 4.69) is 5.32 Å². The fourth-order valence-corrected chi connectivity index (χ4v) is 3.54. The predicted octanol–water partition coefficient (Wildman–Crippen LogP) is 3.65. The second-order valence-corrected chi connectivity index (χ2v) is 7.96. The third-order valence-corrected chi connectivity index (χ3v) is 5.13. The molecule has 0 saturated carbocycles. The van der Waals surface area contributed by atoms with Gasteiger partial charge in [0.25, 0.3) is 0 Å². The molecule has 1 saturated heterocycles. The maximum atomic E-state index is 12.2. The number of carbonyl (C=O) groups is 2. The van der Waals surface area contributed by atoms with Crippen molar-refractivity contribution in [2.75, 3.05) is 6.61 Å². The summed E-state index contributed by atoms with van der Waals surface area (Å²) in [5.41, 5.74) is 0.745. The van der Waals surface area contributed by atoms with Crippen molar-refractivity contribution in [2.24, 2.45) is 0 Å². The highest BCUT2D eigenvalue weighted by molar-refractivity contribution is 6.04. The lowest BCUT2D eigenvalue weighted by atomic mass is 9.90. The Morgan fingerprint density at radius 1 is 1.21 bits per heavy atom. The van der Waals surface area contributed by atoms with E-state index >= 15 is 0 Å². The molecule has 1 aliphatic rings. The summed E-state index contributed by atoms with van der Waals surface area (Å²) in [7, 11) is 0. The molecule has 4 rings (SSSR count). The van der Waals surface area contributed by atoms with Gasteiger partial charge in [0.1, 0.15) is 11.3 Å². The summed E-state index contributed by atoms with van der Waals surface area (Å²) >= 11 is 0. The number of imide groups is 1. The molecule has 2 heterocycles. The summed E-state index contributed by atoms with van der Waals surface area (Å²) in [6.45, 7) is 3.93. The maximum absolute atomic E-state index is 12.2. The van der Waals surface area contributed by atoms with E-state index in [-0.39, 0.29) is 17.7 Å². The lowest BCUT2D eigenvalue weighted by Crippen LogP contribution is -2.39. The Bertz CT molecular complexity index is 1060. The van der Waals surface area contributed by atoms with Crippen molar-refractivity contribution in [3.63, 3.8) is 0 Å². The van der Waals surface area contributed by atoms with Crippen LogP contribution >= 0.6 is 0 Å². The van der Waals surface area contributed by atoms with Gasteiger partial charge >= 0.3 is 0 Å². The summed E-state index contributed by atoms with van der Waals surface area (Å²) in [6.07, 6.45) is 2.96. The second kappa shape index (κ2) is 6.95. The minimum atomic E-state index is -0.767. The number of aliphatic hydroxyl groups is 1. The van der Waals surface area contributed by atoms with E-state index in [1.165, 1.54) is 0 Å². The lowest BCUT2D eigenvalue weighted by Gasteiger charge is -2.20. The molecule has 2 amide bonds. The Labute approximate surface area is 162 Å². The first-order valence-corrected chi connectivity index (χ1v) is 9.44. The van der Waals surface area contributed by atoms with Crippen molar-refractivity contribution in [3.8, 4) is 5.75 Å². The zero-order chi connectivity index (χ0) is 19.9. The minimum absolute atomic E-state index is 0.229. The van der Waals surface area contributed by atoms with E-state index in [0.717, 1.165) is 27.5 Å². The van der Waals surface area contributed by atoms with Gasteiger partial charge in [0.05, 0.1) is 24.4 Å². The number of hydrogen-bond acceptors (Lipinski definition) is 5. The molecule has 146 valence electrons. The van der Waals surface area contributed by atoms with Crippen LogP contribution in [0, 0.1) is 0 Å². The first-order chi connectivity index (χ1) is 13.3. The number of ether oxygens (including phenoxy) is 1. The zero-order valence-electron chi connectivity index (χ0n) is 16.0. The average Bonchev–Trinajstić information content (AvgIpc) is 3.01. The van der Waals surface area contributed by atoms with Crippen molar-refractivity contribution in [1.82, 2.24) is 5.32 Å². The summed E-state index contributed by atoms with van der Waals surface area (Å²) < 4.78 is 11.5. The molecule has 6 nitrogen and oxygen atoms in total. The molecular formula is C22H23NO5. The third kappa shape index (κ3) is 3.73. The normalized spacial score (nSPS) is 17.9. The molecule has 6 heteroatoms. The monoisotopic (exact) mass is 381 g/mol. The van der Waals surface area contributed by atoms with Crippen molar-refractivity contribution in [2.45, 2.75) is 44.6 Å². The van der Waals surface area contributed by atoms with E-state index in [0.29, 0.717) is 31.5 Å². The highest BCUT2D eigenvalue weighted by atomic mass is 16.5. The van der Waals surface area contributed by atoms with Gasteiger partial charge in [0.2, 0.25) is 11.8 Å². The standard InChI is InChI=1S/C22H23NO5/c1-22(2,26)7-8-27-15-4-3-13-11-19-17(10-14(13)9-15)18(12-28-19)16-5-6-20(24)23-21(16)25/h3-4,9-12,16,26H,5-8H2,1-2H3,(H,23,24,25)/t16-/m0/s1. The third-order valence-electron chi connectivity index (χ3n) is 5.13. The van der Waals surface area contributed by atoms with Crippen LogP contribution in [0.15, 0.2) is 41.0 Å². The Balaban J connectivity index is 1.65. The van der Waals surface area contributed by atoms with Crippen LogP contribution in [-0.2, 0) is 9.59 Å². The Kier molecular flexibility index (Phi) is 4.59. The van der Waals surface area contributed by atoms with Crippen LogP contribution in [0.5, 0.6) is 5.75 Å². The topological polar surface area (TPSA) is 88.8 Å². The van der Waals surface area contributed by atoms with Gasteiger partial charge in [-0.2, -0.15) is 0 Å². The van der Waals surface area contributed by atoms with Gasteiger partial charge in [-0.25, -0.2) is 0 Å². The molecule has 1 fully saturated rings. The molecule has 1 atom stereocenters. The van der Waals surface area contributed by atoms with Crippen LogP contribution in [0.1, 0.15) is 44.6 Å². The van der Waals surface area contributed by atoms with E-state index in [9.17, 15) is 14.7 Å². The Hall–Kier alpha value is -2.86. The van der Waals surface area contributed by atoms with E-state index < -0.39 is 5.60 Å². The first-order valence-electron chi connectivity index (χ1n) is 9.44. The zero-order valence-corrected chi connectivity index (χ0v) is 16.0. The number of nitrogens with one attached hydrogen (secondary N) is 1. The largest absolute Gasteiger partial charge is 0.493 e. The van der Waals surface area contributed by atoms with Gasteiger partial charge < -0.3 is 14.3 Å². The molecule has 1 aliphatic heterocycles. The van der Waals surface area contributed by atoms with Crippen LogP contribution in [0.2, 0.25) is 0 Å². The van der Waals surface area contributed by atoms with Gasteiger partial charge in [-0.1, -0.05) is 6.07 Å². The van der Waals surface area contributed by atoms with Crippen LogP contribution in [0.4, 0.5) is 0 Å². The van der Waals surface area contributed by atoms with Gasteiger partial charge in [-0.05, 0) is 55.3 Å². The van der Waals surface area contributed by atoms with Crippen LogP contribution in [0.25, 0.3) is 21.7 Å². The molecule has 3 aromatic rings. The fraction of sp³-hybridized carbons (Fsp3) is 0.364. The average molecular weight is 381 g/mol. The van der Waals surface area contributed by atoms with Crippen LogP contribution in [0.3, 0.4) is 0 Å². The van der Waals surface area contributed by atoms with E-state index in [4.69, 9.17) is 9.15 Å². The molecule has 28 heavy (non-hydrogen) atoms. The molecule has 0 radical (unpaired) electrons. The van der Waals surface area contributed by atoms with Gasteiger partial charge in [0, 0.05) is 23.8 Å². The van der Waals surface area contributed by atoms with Crippen LogP contribution in [-0.4, -0.2) is 29.1 Å². The molecule has 0 unspecified atom stereocenters. The second-order valence-electron chi connectivity index (χ2n) is 7.96. The summed E-state index contributed by atoms with van der Waals surface area (Å²) in [4.78, 5) is 23.7.